The molecule has 0 aliphatic carbocycles. The molecular formula is C7H10N2O. The van der Waals surface area contributed by atoms with E-state index in [2.05, 4.69) is 10.2 Å². The van der Waals surface area contributed by atoms with E-state index in [-0.39, 0.29) is 5.78 Å². The van der Waals surface area contributed by atoms with Crippen LogP contribution >= 0.6 is 0 Å². The van der Waals surface area contributed by atoms with E-state index in [1.165, 1.54) is 13.1 Å². The number of carbonyl (C=O) groups excluding carboxylic acids is 1. The summed E-state index contributed by atoms with van der Waals surface area (Å²) in [6, 6.07) is 0. The van der Waals surface area contributed by atoms with Crippen LogP contribution in [0.2, 0.25) is 0 Å². The van der Waals surface area contributed by atoms with Crippen LogP contribution in [0.3, 0.4) is 0 Å². The third kappa shape index (κ3) is 0.988. The van der Waals surface area contributed by atoms with Crippen molar-refractivity contribution >= 4 is 5.78 Å². The van der Waals surface area contributed by atoms with Gasteiger partial charge in [-0.3, -0.25) is 4.79 Å². The summed E-state index contributed by atoms with van der Waals surface area (Å²) in [6.45, 7) is 5.28. The second-order valence-corrected chi connectivity index (χ2v) is 2.87. The molecule has 0 aromatic rings. The average Bonchev–Trinajstić information content (AvgIpc) is 2.08. The number of azo groups is 1. The first-order valence-corrected chi connectivity index (χ1v) is 3.17. The van der Waals surface area contributed by atoms with Crippen molar-refractivity contribution in [2.24, 2.45) is 10.2 Å². The van der Waals surface area contributed by atoms with Crippen molar-refractivity contribution < 1.29 is 4.79 Å². The fourth-order valence-corrected chi connectivity index (χ4v) is 0.964. The third-order valence-electron chi connectivity index (χ3n) is 1.53. The molecule has 0 fully saturated rings. The summed E-state index contributed by atoms with van der Waals surface area (Å²) in [5.41, 5.74) is 0.291. The van der Waals surface area contributed by atoms with Crippen LogP contribution in [-0.2, 0) is 4.79 Å². The highest BCUT2D eigenvalue weighted by Gasteiger charge is 2.29. The molecule has 0 atom stereocenters. The molecule has 0 saturated carbocycles. The lowest BCUT2D eigenvalue weighted by atomic mass is 9.94. The normalized spacial score (nSPS) is 20.9. The Bertz CT molecular complexity index is 226. The highest BCUT2D eigenvalue weighted by Crippen LogP contribution is 2.26. The molecule has 0 N–H and O–H groups in total. The topological polar surface area (TPSA) is 41.8 Å². The Morgan fingerprint density at radius 1 is 1.60 bits per heavy atom. The first-order valence-electron chi connectivity index (χ1n) is 3.17. The van der Waals surface area contributed by atoms with Gasteiger partial charge >= 0.3 is 0 Å². The molecule has 3 nitrogen and oxygen atoms in total. The number of carbonyl (C=O) groups is 1. The Labute approximate surface area is 59.8 Å². The summed E-state index contributed by atoms with van der Waals surface area (Å²) in [5.74, 6) is 0.0509. The number of rotatable bonds is 1. The second-order valence-electron chi connectivity index (χ2n) is 2.87. The Morgan fingerprint density at radius 2 is 2.20 bits per heavy atom. The fourth-order valence-electron chi connectivity index (χ4n) is 0.964. The van der Waals surface area contributed by atoms with Crippen molar-refractivity contribution in [3.8, 4) is 0 Å². The zero-order valence-electron chi connectivity index (χ0n) is 6.38. The summed E-state index contributed by atoms with van der Waals surface area (Å²) in [5, 5.41) is 7.56. The zero-order chi connectivity index (χ0) is 7.78. The molecule has 0 aromatic heterocycles. The van der Waals surface area contributed by atoms with Gasteiger partial charge in [0.25, 0.3) is 0 Å². The number of Topliss-reactive ketones (excluding diaryl/α,β-unsaturated/α-hetero) is 1. The molecule has 3 heteroatoms. The molecule has 0 aromatic carbocycles. The van der Waals surface area contributed by atoms with Gasteiger partial charge in [-0.2, -0.15) is 10.2 Å². The Kier molecular flexibility index (Phi) is 1.43. The standard InChI is InChI=1S/C7H10N2O/c1-5(10)6-4-8-9-7(6,2)3/h4H,1-3H3. The second kappa shape index (κ2) is 2.01. The van der Waals surface area contributed by atoms with Gasteiger partial charge in [0.2, 0.25) is 0 Å². The summed E-state index contributed by atoms with van der Waals surface area (Å²) in [4.78, 5) is 10.9. The van der Waals surface area contributed by atoms with Gasteiger partial charge in [-0.15, -0.1) is 0 Å². The Hall–Kier alpha value is -0.990. The van der Waals surface area contributed by atoms with E-state index in [0.29, 0.717) is 5.57 Å². The fraction of sp³-hybridized carbons (Fsp3) is 0.571. The summed E-state index contributed by atoms with van der Waals surface area (Å²) in [6.07, 6.45) is 1.53. The SMILES string of the molecule is CC(=O)C1=CN=NC1(C)C. The Morgan fingerprint density at radius 3 is 2.40 bits per heavy atom. The van der Waals surface area contributed by atoms with Gasteiger partial charge < -0.3 is 0 Å². The van der Waals surface area contributed by atoms with E-state index in [0.717, 1.165) is 0 Å². The monoisotopic (exact) mass is 138 g/mol. The van der Waals surface area contributed by atoms with Gasteiger partial charge in [0, 0.05) is 5.57 Å². The molecular weight excluding hydrogens is 128 g/mol. The first-order chi connectivity index (χ1) is 4.54. The number of hydrogen-bond donors (Lipinski definition) is 0. The van der Waals surface area contributed by atoms with E-state index in [1.54, 1.807) is 0 Å². The molecule has 0 bridgehead atoms. The molecule has 1 aliphatic heterocycles. The molecule has 0 unspecified atom stereocenters. The van der Waals surface area contributed by atoms with Crippen molar-refractivity contribution in [1.29, 1.82) is 0 Å². The van der Waals surface area contributed by atoms with Crippen LogP contribution in [0.4, 0.5) is 0 Å². The average molecular weight is 138 g/mol. The van der Waals surface area contributed by atoms with E-state index < -0.39 is 5.54 Å². The molecule has 0 radical (unpaired) electrons. The minimum atomic E-state index is -0.397. The van der Waals surface area contributed by atoms with Crippen molar-refractivity contribution in [2.75, 3.05) is 0 Å². The smallest absolute Gasteiger partial charge is 0.159 e. The lowest BCUT2D eigenvalue weighted by Gasteiger charge is -2.13. The molecule has 0 amide bonds. The van der Waals surface area contributed by atoms with Crippen LogP contribution in [0.5, 0.6) is 0 Å². The highest BCUT2D eigenvalue weighted by atomic mass is 16.1. The van der Waals surface area contributed by atoms with E-state index >= 15 is 0 Å². The van der Waals surface area contributed by atoms with E-state index in [4.69, 9.17) is 0 Å². The van der Waals surface area contributed by atoms with Gasteiger partial charge in [-0.1, -0.05) is 0 Å². The van der Waals surface area contributed by atoms with Gasteiger partial charge in [-0.05, 0) is 20.8 Å². The molecule has 1 rings (SSSR count). The van der Waals surface area contributed by atoms with E-state index in [1.807, 2.05) is 13.8 Å². The summed E-state index contributed by atoms with van der Waals surface area (Å²) < 4.78 is 0. The molecule has 0 saturated heterocycles. The molecule has 1 heterocycles. The van der Waals surface area contributed by atoms with Gasteiger partial charge in [0.05, 0.1) is 6.20 Å². The van der Waals surface area contributed by atoms with Gasteiger partial charge in [0.15, 0.2) is 5.78 Å². The van der Waals surface area contributed by atoms with Crippen LogP contribution in [-0.4, -0.2) is 11.3 Å². The van der Waals surface area contributed by atoms with Crippen LogP contribution in [0, 0.1) is 0 Å². The lowest BCUT2D eigenvalue weighted by Crippen LogP contribution is -2.21. The van der Waals surface area contributed by atoms with Crippen molar-refractivity contribution in [3.05, 3.63) is 11.8 Å². The molecule has 0 spiro atoms. The van der Waals surface area contributed by atoms with Gasteiger partial charge in [-0.25, -0.2) is 0 Å². The largest absolute Gasteiger partial charge is 0.295 e. The molecule has 54 valence electrons. The van der Waals surface area contributed by atoms with Crippen molar-refractivity contribution in [2.45, 2.75) is 26.3 Å². The van der Waals surface area contributed by atoms with Crippen LogP contribution in [0.25, 0.3) is 0 Å². The van der Waals surface area contributed by atoms with Crippen molar-refractivity contribution in [1.82, 2.24) is 0 Å². The maximum absolute atomic E-state index is 10.9. The molecule has 1 aliphatic rings. The summed E-state index contributed by atoms with van der Waals surface area (Å²) >= 11 is 0. The zero-order valence-corrected chi connectivity index (χ0v) is 6.38. The number of nitrogens with zero attached hydrogens (tertiary/aromatic N) is 2. The van der Waals surface area contributed by atoms with Gasteiger partial charge in [0.1, 0.15) is 5.54 Å². The lowest BCUT2D eigenvalue weighted by molar-refractivity contribution is -0.114. The molecule has 10 heavy (non-hydrogen) atoms. The number of ketones is 1. The predicted octanol–water partition coefficient (Wildman–Crippen LogP) is 1.70. The Balaban J connectivity index is 2.93. The van der Waals surface area contributed by atoms with Crippen LogP contribution in [0.15, 0.2) is 22.0 Å². The summed E-state index contributed by atoms with van der Waals surface area (Å²) in [7, 11) is 0. The third-order valence-corrected chi connectivity index (χ3v) is 1.53. The minimum Gasteiger partial charge on any atom is -0.295 e. The van der Waals surface area contributed by atoms with Crippen molar-refractivity contribution in [3.63, 3.8) is 0 Å². The predicted molar refractivity (Wildman–Crippen MR) is 37.7 cm³/mol. The van der Waals surface area contributed by atoms with Crippen LogP contribution in [0.1, 0.15) is 20.8 Å². The number of hydrogen-bond acceptors (Lipinski definition) is 3. The minimum absolute atomic E-state index is 0.0509. The van der Waals surface area contributed by atoms with E-state index in [9.17, 15) is 4.79 Å². The first kappa shape index (κ1) is 7.12. The van der Waals surface area contributed by atoms with Crippen LogP contribution < -0.4 is 0 Å². The maximum Gasteiger partial charge on any atom is 0.159 e. The highest BCUT2D eigenvalue weighted by molar-refractivity contribution is 5.95. The maximum atomic E-state index is 10.9. The quantitative estimate of drug-likeness (QED) is 0.543.